The Balaban J connectivity index is 1.71. The molecular weight excluding hydrogens is 326 g/mol. The second-order valence-electron chi connectivity index (χ2n) is 6.30. The first-order chi connectivity index (χ1) is 12.8. The van der Waals surface area contributed by atoms with Gasteiger partial charge in [-0.15, -0.1) is 0 Å². The fraction of sp³-hybridized carbons (Fsp3) is 0.211. The van der Waals surface area contributed by atoms with Crippen LogP contribution in [-0.4, -0.2) is 39.7 Å². The number of fused-ring (bicyclic) bond motifs is 1. The molecule has 0 aliphatic carbocycles. The largest absolute Gasteiger partial charge is 0.404 e. The van der Waals surface area contributed by atoms with Gasteiger partial charge in [0.05, 0.1) is 17.6 Å². The van der Waals surface area contributed by atoms with E-state index in [1.807, 2.05) is 47.1 Å². The Labute approximate surface area is 151 Å². The standard InChI is InChI=1S/C19H21N7/c20-8-14(9-21)13-4-5-19-23-11-17(26(19)12-13)16-2-1-3-18(25-16)24-15-6-7-22-10-15/h1-5,8-9,11-12,15,20,22H,6-7,10,21H2,(H,24,25)/b14-9+,20-8?. The van der Waals surface area contributed by atoms with Crippen molar-refractivity contribution < 1.29 is 0 Å². The van der Waals surface area contributed by atoms with Gasteiger partial charge in [-0.05, 0) is 37.2 Å². The van der Waals surface area contributed by atoms with Crippen LogP contribution in [0, 0.1) is 5.41 Å². The van der Waals surface area contributed by atoms with Crippen LogP contribution in [-0.2, 0) is 0 Å². The molecule has 7 nitrogen and oxygen atoms in total. The number of anilines is 1. The van der Waals surface area contributed by atoms with Crippen molar-refractivity contribution in [2.45, 2.75) is 12.5 Å². The summed E-state index contributed by atoms with van der Waals surface area (Å²) in [5.41, 5.74) is 9.71. The molecule has 3 aromatic rings. The van der Waals surface area contributed by atoms with Gasteiger partial charge in [-0.3, -0.25) is 4.40 Å². The summed E-state index contributed by atoms with van der Waals surface area (Å²) in [6.07, 6.45) is 7.53. The summed E-state index contributed by atoms with van der Waals surface area (Å²) >= 11 is 0. The Morgan fingerprint density at radius 2 is 2.27 bits per heavy atom. The van der Waals surface area contributed by atoms with Gasteiger partial charge in [0.15, 0.2) is 0 Å². The molecule has 0 amide bonds. The topological polar surface area (TPSA) is 104 Å². The Bertz CT molecular complexity index is 967. The van der Waals surface area contributed by atoms with E-state index in [1.54, 1.807) is 0 Å². The van der Waals surface area contributed by atoms with Crippen molar-refractivity contribution in [3.63, 3.8) is 0 Å². The molecule has 26 heavy (non-hydrogen) atoms. The lowest BCUT2D eigenvalue weighted by molar-refractivity contribution is 0.788. The SMILES string of the molecule is N=C/C(=C\N)c1ccc2ncc(-c3cccc(NC4CCNC4)n3)n2c1. The van der Waals surface area contributed by atoms with Gasteiger partial charge in [-0.25, -0.2) is 9.97 Å². The minimum absolute atomic E-state index is 0.413. The second-order valence-corrected chi connectivity index (χ2v) is 6.30. The lowest BCUT2D eigenvalue weighted by atomic mass is 10.1. The Hall–Kier alpha value is -3.19. The fourth-order valence-electron chi connectivity index (χ4n) is 3.21. The van der Waals surface area contributed by atoms with Crippen LogP contribution in [0.3, 0.4) is 0 Å². The molecule has 0 spiro atoms. The molecule has 7 heteroatoms. The van der Waals surface area contributed by atoms with E-state index in [1.165, 1.54) is 12.4 Å². The van der Waals surface area contributed by atoms with Crippen molar-refractivity contribution >= 4 is 23.3 Å². The first-order valence-corrected chi connectivity index (χ1v) is 8.63. The smallest absolute Gasteiger partial charge is 0.137 e. The minimum atomic E-state index is 0.413. The maximum atomic E-state index is 7.50. The zero-order valence-corrected chi connectivity index (χ0v) is 14.3. The van der Waals surface area contributed by atoms with Gasteiger partial charge >= 0.3 is 0 Å². The molecule has 132 valence electrons. The molecule has 0 saturated carbocycles. The number of pyridine rings is 2. The van der Waals surface area contributed by atoms with E-state index in [0.717, 1.165) is 47.9 Å². The monoisotopic (exact) mass is 347 g/mol. The summed E-state index contributed by atoms with van der Waals surface area (Å²) in [6, 6.07) is 10.2. The van der Waals surface area contributed by atoms with Crippen LogP contribution < -0.4 is 16.4 Å². The van der Waals surface area contributed by atoms with Crippen LogP contribution in [0.5, 0.6) is 0 Å². The van der Waals surface area contributed by atoms with Gasteiger partial charge in [0.25, 0.3) is 0 Å². The summed E-state index contributed by atoms with van der Waals surface area (Å²) in [4.78, 5) is 9.22. The van der Waals surface area contributed by atoms with E-state index in [4.69, 9.17) is 16.1 Å². The fourth-order valence-corrected chi connectivity index (χ4v) is 3.21. The molecule has 1 aliphatic rings. The van der Waals surface area contributed by atoms with E-state index in [0.29, 0.717) is 11.6 Å². The highest BCUT2D eigenvalue weighted by Gasteiger charge is 2.15. The normalized spacial score (nSPS) is 17.5. The predicted octanol–water partition coefficient (Wildman–Crippen LogP) is 2.12. The molecule has 3 aromatic heterocycles. The van der Waals surface area contributed by atoms with E-state index >= 15 is 0 Å². The van der Waals surface area contributed by atoms with Crippen LogP contribution >= 0.6 is 0 Å². The van der Waals surface area contributed by atoms with Crippen LogP contribution in [0.15, 0.2) is 48.9 Å². The molecule has 0 aromatic carbocycles. The number of hydrogen-bond donors (Lipinski definition) is 4. The number of nitrogens with zero attached hydrogens (tertiary/aromatic N) is 3. The molecule has 1 fully saturated rings. The third-order valence-electron chi connectivity index (χ3n) is 4.60. The summed E-state index contributed by atoms with van der Waals surface area (Å²) in [5.74, 6) is 0.865. The van der Waals surface area contributed by atoms with Gasteiger partial charge in [-0.2, -0.15) is 0 Å². The van der Waals surface area contributed by atoms with E-state index < -0.39 is 0 Å². The van der Waals surface area contributed by atoms with Crippen molar-refractivity contribution in [2.75, 3.05) is 18.4 Å². The van der Waals surface area contributed by atoms with Crippen molar-refractivity contribution in [2.24, 2.45) is 5.73 Å². The summed E-state index contributed by atoms with van der Waals surface area (Å²) in [6.45, 7) is 2.00. The van der Waals surface area contributed by atoms with Crippen molar-refractivity contribution in [3.05, 3.63) is 54.5 Å². The van der Waals surface area contributed by atoms with Gasteiger partial charge in [-0.1, -0.05) is 6.07 Å². The Morgan fingerprint density at radius 3 is 3.04 bits per heavy atom. The molecule has 1 unspecified atom stereocenters. The van der Waals surface area contributed by atoms with Gasteiger partial charge in [0, 0.05) is 42.3 Å². The Kier molecular flexibility index (Phi) is 4.37. The minimum Gasteiger partial charge on any atom is -0.404 e. The highest BCUT2D eigenvalue weighted by atomic mass is 15.1. The highest BCUT2D eigenvalue weighted by Crippen LogP contribution is 2.23. The zero-order valence-electron chi connectivity index (χ0n) is 14.3. The number of rotatable bonds is 5. The predicted molar refractivity (Wildman–Crippen MR) is 104 cm³/mol. The van der Waals surface area contributed by atoms with Crippen LogP contribution in [0.2, 0.25) is 0 Å². The second kappa shape index (κ2) is 6.97. The van der Waals surface area contributed by atoms with Gasteiger partial charge in [0.2, 0.25) is 0 Å². The zero-order chi connectivity index (χ0) is 17.9. The molecule has 1 atom stereocenters. The van der Waals surface area contributed by atoms with Crippen molar-refractivity contribution in [1.29, 1.82) is 5.41 Å². The molecule has 4 rings (SSSR count). The number of nitrogens with one attached hydrogen (secondary N) is 3. The maximum Gasteiger partial charge on any atom is 0.137 e. The maximum absolute atomic E-state index is 7.50. The lowest BCUT2D eigenvalue weighted by Gasteiger charge is -2.13. The lowest BCUT2D eigenvalue weighted by Crippen LogP contribution is -2.22. The van der Waals surface area contributed by atoms with Gasteiger partial charge < -0.3 is 21.8 Å². The first kappa shape index (κ1) is 16.3. The van der Waals surface area contributed by atoms with Crippen LogP contribution in [0.25, 0.3) is 22.6 Å². The third kappa shape index (κ3) is 3.04. The molecule has 1 aliphatic heterocycles. The van der Waals surface area contributed by atoms with E-state index in [-0.39, 0.29) is 0 Å². The summed E-state index contributed by atoms with van der Waals surface area (Å²) in [7, 11) is 0. The first-order valence-electron chi connectivity index (χ1n) is 8.63. The average molecular weight is 347 g/mol. The molecule has 4 heterocycles. The van der Waals surface area contributed by atoms with Gasteiger partial charge in [0.1, 0.15) is 11.5 Å². The van der Waals surface area contributed by atoms with Crippen LogP contribution in [0.1, 0.15) is 12.0 Å². The van der Waals surface area contributed by atoms with Crippen molar-refractivity contribution in [3.8, 4) is 11.4 Å². The summed E-state index contributed by atoms with van der Waals surface area (Å²) in [5, 5.41) is 14.3. The number of allylic oxidation sites excluding steroid dienone is 1. The third-order valence-corrected chi connectivity index (χ3v) is 4.60. The number of imidazole rings is 1. The van der Waals surface area contributed by atoms with Crippen LogP contribution in [0.4, 0.5) is 5.82 Å². The molecule has 0 bridgehead atoms. The Morgan fingerprint density at radius 1 is 1.35 bits per heavy atom. The van der Waals surface area contributed by atoms with E-state index in [9.17, 15) is 0 Å². The summed E-state index contributed by atoms with van der Waals surface area (Å²) < 4.78 is 1.98. The molecule has 1 saturated heterocycles. The number of aromatic nitrogens is 3. The number of nitrogens with two attached hydrogens (primary N) is 1. The molecular formula is C19H21N7. The molecule has 0 radical (unpaired) electrons. The quantitative estimate of drug-likeness (QED) is 0.529. The highest BCUT2D eigenvalue weighted by molar-refractivity contribution is 6.08. The number of hydrogen-bond acceptors (Lipinski definition) is 6. The molecule has 5 N–H and O–H groups in total. The van der Waals surface area contributed by atoms with E-state index in [2.05, 4.69) is 15.6 Å². The van der Waals surface area contributed by atoms with Crippen molar-refractivity contribution in [1.82, 2.24) is 19.7 Å². The average Bonchev–Trinajstić information content (AvgIpc) is 3.32.